The summed E-state index contributed by atoms with van der Waals surface area (Å²) >= 11 is 0. The fraction of sp³-hybridized carbons (Fsp3) is 0.417. The number of hydrogen-bond acceptors (Lipinski definition) is 3. The molecule has 1 aromatic carbocycles. The molecule has 0 aliphatic carbocycles. The lowest BCUT2D eigenvalue weighted by Crippen LogP contribution is -2.21. The van der Waals surface area contributed by atoms with Crippen LogP contribution in [-0.2, 0) is 11.2 Å². The second kappa shape index (κ2) is 6.99. The van der Waals surface area contributed by atoms with Gasteiger partial charge in [0.1, 0.15) is 0 Å². The molecule has 15 heavy (non-hydrogen) atoms. The Morgan fingerprint density at radius 3 is 2.87 bits per heavy atom. The van der Waals surface area contributed by atoms with Crippen LogP contribution in [0.4, 0.5) is 0 Å². The van der Waals surface area contributed by atoms with Crippen LogP contribution in [0.15, 0.2) is 24.3 Å². The Bertz CT molecular complexity index is 331. The summed E-state index contributed by atoms with van der Waals surface area (Å²) in [6.07, 6.45) is 0.882. The SMILES string of the molecule is COCCNCCc1ccccc1C#N. The third kappa shape index (κ3) is 4.11. The van der Waals surface area contributed by atoms with Crippen molar-refractivity contribution in [2.45, 2.75) is 6.42 Å². The van der Waals surface area contributed by atoms with E-state index in [0.717, 1.165) is 37.2 Å². The number of nitriles is 1. The molecule has 1 aromatic rings. The Morgan fingerprint density at radius 2 is 2.13 bits per heavy atom. The summed E-state index contributed by atoms with van der Waals surface area (Å²) in [5.74, 6) is 0. The van der Waals surface area contributed by atoms with Crippen molar-refractivity contribution < 1.29 is 4.74 Å². The molecule has 0 spiro atoms. The minimum absolute atomic E-state index is 0.722. The molecule has 3 nitrogen and oxygen atoms in total. The van der Waals surface area contributed by atoms with Crippen molar-refractivity contribution in [2.75, 3.05) is 26.8 Å². The lowest BCUT2D eigenvalue weighted by molar-refractivity contribution is 0.199. The average Bonchev–Trinajstić information content (AvgIpc) is 2.29. The highest BCUT2D eigenvalue weighted by Gasteiger charge is 1.99. The smallest absolute Gasteiger partial charge is 0.0994 e. The van der Waals surface area contributed by atoms with Crippen molar-refractivity contribution in [1.29, 1.82) is 5.26 Å². The number of methoxy groups -OCH3 is 1. The summed E-state index contributed by atoms with van der Waals surface area (Å²) in [5.41, 5.74) is 1.87. The first-order chi connectivity index (χ1) is 7.38. The maximum absolute atomic E-state index is 8.87. The number of nitrogens with zero attached hydrogens (tertiary/aromatic N) is 1. The molecule has 0 aromatic heterocycles. The third-order valence-electron chi connectivity index (χ3n) is 2.19. The molecule has 3 heteroatoms. The highest BCUT2D eigenvalue weighted by Crippen LogP contribution is 2.06. The van der Waals surface area contributed by atoms with Crippen LogP contribution in [0.3, 0.4) is 0 Å². The number of nitrogens with one attached hydrogen (secondary N) is 1. The highest BCUT2D eigenvalue weighted by molar-refractivity contribution is 5.37. The molecule has 0 saturated carbocycles. The van der Waals surface area contributed by atoms with Gasteiger partial charge in [0.2, 0.25) is 0 Å². The quantitative estimate of drug-likeness (QED) is 0.711. The lowest BCUT2D eigenvalue weighted by atomic mass is 10.1. The summed E-state index contributed by atoms with van der Waals surface area (Å²) in [6.45, 7) is 2.45. The molecule has 0 unspecified atom stereocenters. The molecule has 0 bridgehead atoms. The topological polar surface area (TPSA) is 45.0 Å². The van der Waals surface area contributed by atoms with Gasteiger partial charge in [-0.2, -0.15) is 5.26 Å². The van der Waals surface area contributed by atoms with Gasteiger partial charge in [-0.25, -0.2) is 0 Å². The molecular weight excluding hydrogens is 188 g/mol. The van der Waals surface area contributed by atoms with Gasteiger partial charge in [0.25, 0.3) is 0 Å². The van der Waals surface area contributed by atoms with Gasteiger partial charge in [-0.1, -0.05) is 18.2 Å². The molecule has 0 fully saturated rings. The van der Waals surface area contributed by atoms with E-state index in [0.29, 0.717) is 0 Å². The summed E-state index contributed by atoms with van der Waals surface area (Å²) in [4.78, 5) is 0. The van der Waals surface area contributed by atoms with Crippen molar-refractivity contribution in [3.63, 3.8) is 0 Å². The predicted octanol–water partition coefficient (Wildman–Crippen LogP) is 1.34. The van der Waals surface area contributed by atoms with Crippen LogP contribution in [0.1, 0.15) is 11.1 Å². The van der Waals surface area contributed by atoms with Gasteiger partial charge < -0.3 is 10.1 Å². The van der Waals surface area contributed by atoms with Crippen molar-refractivity contribution in [2.24, 2.45) is 0 Å². The van der Waals surface area contributed by atoms with Crippen LogP contribution in [0, 0.1) is 11.3 Å². The van der Waals surface area contributed by atoms with Crippen LogP contribution < -0.4 is 5.32 Å². The molecule has 0 aliphatic rings. The number of rotatable bonds is 6. The number of hydrogen-bond donors (Lipinski definition) is 1. The molecular formula is C12H16N2O. The molecule has 0 aliphatic heterocycles. The Kier molecular flexibility index (Phi) is 5.46. The normalized spacial score (nSPS) is 9.87. The standard InChI is InChI=1S/C12H16N2O/c1-15-9-8-14-7-6-11-4-2-3-5-12(11)10-13/h2-5,14H,6-9H2,1H3. The van der Waals surface area contributed by atoms with E-state index in [4.69, 9.17) is 10.00 Å². The zero-order chi connectivity index (χ0) is 10.9. The minimum Gasteiger partial charge on any atom is -0.383 e. The lowest BCUT2D eigenvalue weighted by Gasteiger charge is -2.05. The Labute approximate surface area is 90.7 Å². The van der Waals surface area contributed by atoms with E-state index >= 15 is 0 Å². The molecule has 0 heterocycles. The monoisotopic (exact) mass is 204 g/mol. The summed E-state index contributed by atoms with van der Waals surface area (Å²) in [6, 6.07) is 9.90. The summed E-state index contributed by atoms with van der Waals surface area (Å²) in [5, 5.41) is 12.1. The largest absolute Gasteiger partial charge is 0.383 e. The molecule has 1 rings (SSSR count). The van der Waals surface area contributed by atoms with Crippen molar-refractivity contribution >= 4 is 0 Å². The van der Waals surface area contributed by atoms with E-state index in [1.807, 2.05) is 24.3 Å². The average molecular weight is 204 g/mol. The van der Waals surface area contributed by atoms with Crippen molar-refractivity contribution in [3.05, 3.63) is 35.4 Å². The summed E-state index contributed by atoms with van der Waals surface area (Å²) < 4.78 is 4.92. The molecule has 80 valence electrons. The van der Waals surface area contributed by atoms with Crippen LogP contribution in [0.25, 0.3) is 0 Å². The maximum atomic E-state index is 8.87. The Morgan fingerprint density at radius 1 is 1.33 bits per heavy atom. The van der Waals surface area contributed by atoms with E-state index in [-0.39, 0.29) is 0 Å². The predicted molar refractivity (Wildman–Crippen MR) is 59.6 cm³/mol. The Balaban J connectivity index is 2.34. The Hall–Kier alpha value is -1.37. The zero-order valence-corrected chi connectivity index (χ0v) is 8.99. The fourth-order valence-corrected chi connectivity index (χ4v) is 1.37. The van der Waals surface area contributed by atoms with Gasteiger partial charge in [-0.3, -0.25) is 0 Å². The van der Waals surface area contributed by atoms with Crippen molar-refractivity contribution in [3.8, 4) is 6.07 Å². The van der Waals surface area contributed by atoms with Gasteiger partial charge in [-0.15, -0.1) is 0 Å². The molecule has 1 N–H and O–H groups in total. The first-order valence-electron chi connectivity index (χ1n) is 5.06. The maximum Gasteiger partial charge on any atom is 0.0994 e. The molecule has 0 saturated heterocycles. The van der Waals surface area contributed by atoms with Gasteiger partial charge >= 0.3 is 0 Å². The highest BCUT2D eigenvalue weighted by atomic mass is 16.5. The van der Waals surface area contributed by atoms with E-state index in [1.54, 1.807) is 7.11 Å². The van der Waals surface area contributed by atoms with E-state index in [1.165, 1.54) is 0 Å². The van der Waals surface area contributed by atoms with E-state index in [9.17, 15) is 0 Å². The van der Waals surface area contributed by atoms with Crippen LogP contribution in [-0.4, -0.2) is 26.8 Å². The zero-order valence-electron chi connectivity index (χ0n) is 8.99. The van der Waals surface area contributed by atoms with Crippen LogP contribution in [0.2, 0.25) is 0 Å². The van der Waals surface area contributed by atoms with Crippen LogP contribution in [0.5, 0.6) is 0 Å². The number of benzene rings is 1. The molecule has 0 amide bonds. The summed E-state index contributed by atoms with van der Waals surface area (Å²) in [7, 11) is 1.69. The minimum atomic E-state index is 0.722. The van der Waals surface area contributed by atoms with Crippen molar-refractivity contribution in [1.82, 2.24) is 5.32 Å². The van der Waals surface area contributed by atoms with Gasteiger partial charge in [0, 0.05) is 13.7 Å². The fourth-order valence-electron chi connectivity index (χ4n) is 1.37. The molecule has 0 radical (unpaired) electrons. The van der Waals surface area contributed by atoms with Gasteiger partial charge in [-0.05, 0) is 24.6 Å². The van der Waals surface area contributed by atoms with E-state index in [2.05, 4.69) is 11.4 Å². The first kappa shape index (κ1) is 11.7. The first-order valence-corrected chi connectivity index (χ1v) is 5.06. The third-order valence-corrected chi connectivity index (χ3v) is 2.19. The van der Waals surface area contributed by atoms with Crippen LogP contribution >= 0.6 is 0 Å². The second-order valence-corrected chi connectivity index (χ2v) is 3.26. The van der Waals surface area contributed by atoms with Gasteiger partial charge in [0.05, 0.1) is 18.2 Å². The molecule has 0 atom stereocenters. The van der Waals surface area contributed by atoms with E-state index < -0.39 is 0 Å². The second-order valence-electron chi connectivity index (χ2n) is 3.26. The van der Waals surface area contributed by atoms with Gasteiger partial charge in [0.15, 0.2) is 0 Å². The number of ether oxygens (including phenoxy) is 1.